The third-order valence-electron chi connectivity index (χ3n) is 2.49. The van der Waals surface area contributed by atoms with Crippen molar-refractivity contribution in [1.82, 2.24) is 10.2 Å². The number of carboxylic acid groups (broad SMARTS) is 1. The van der Waals surface area contributed by atoms with Gasteiger partial charge >= 0.3 is 5.97 Å². The second-order valence-electron chi connectivity index (χ2n) is 3.54. The predicted molar refractivity (Wildman–Crippen MR) is 69.3 cm³/mol. The molecule has 18 heavy (non-hydrogen) atoms. The first-order valence-corrected chi connectivity index (χ1v) is 6.39. The van der Waals surface area contributed by atoms with Crippen LogP contribution in [0.25, 0.3) is 11.3 Å². The fraction of sp³-hybridized carbons (Fsp3) is 0.167. The summed E-state index contributed by atoms with van der Waals surface area (Å²) in [6, 6.07) is 7.15. The smallest absolute Gasteiger partial charge is 0.353 e. The summed E-state index contributed by atoms with van der Waals surface area (Å²) < 4.78 is 5.28. The second-order valence-corrected chi connectivity index (χ2v) is 4.39. The Morgan fingerprint density at radius 2 is 2.22 bits per heavy atom. The first-order valence-electron chi connectivity index (χ1n) is 5.17. The van der Waals surface area contributed by atoms with E-state index in [1.165, 1.54) is 6.07 Å². The summed E-state index contributed by atoms with van der Waals surface area (Å²) in [4.78, 5) is 11.8. The Kier molecular flexibility index (Phi) is 3.57. The molecule has 0 aliphatic heterocycles. The lowest BCUT2D eigenvalue weighted by molar-refractivity contribution is 0.0690. The molecule has 1 aromatic heterocycles. The molecule has 5 nitrogen and oxygen atoms in total. The molecular formula is C12H12N2O3S. The van der Waals surface area contributed by atoms with Crippen molar-refractivity contribution in [3.05, 3.63) is 30.0 Å². The highest BCUT2D eigenvalue weighted by molar-refractivity contribution is 7.98. The van der Waals surface area contributed by atoms with E-state index >= 15 is 0 Å². The van der Waals surface area contributed by atoms with Crippen LogP contribution in [0.3, 0.4) is 0 Å². The van der Waals surface area contributed by atoms with Gasteiger partial charge in [0.25, 0.3) is 0 Å². The van der Waals surface area contributed by atoms with E-state index < -0.39 is 5.97 Å². The topological polar surface area (TPSA) is 75.2 Å². The van der Waals surface area contributed by atoms with E-state index in [1.807, 2.05) is 24.5 Å². The van der Waals surface area contributed by atoms with Crippen LogP contribution in [0.5, 0.6) is 5.75 Å². The Morgan fingerprint density at radius 3 is 2.78 bits per heavy atom. The van der Waals surface area contributed by atoms with Crippen LogP contribution in [-0.2, 0) is 0 Å². The number of carboxylic acids is 1. The van der Waals surface area contributed by atoms with Crippen molar-refractivity contribution in [1.29, 1.82) is 0 Å². The standard InChI is InChI=1S/C12H12N2O3S/c1-17-10-5-7(3-4-11(10)18-2)8-6-9(12(15)16)14-13-8/h3-6H,1-2H3,(H,13,14)(H,15,16). The number of nitrogens with one attached hydrogen (secondary N) is 1. The third kappa shape index (κ3) is 2.33. The maximum Gasteiger partial charge on any atom is 0.353 e. The van der Waals surface area contributed by atoms with E-state index in [1.54, 1.807) is 18.9 Å². The van der Waals surface area contributed by atoms with Gasteiger partial charge in [0.15, 0.2) is 0 Å². The van der Waals surface area contributed by atoms with Crippen LogP contribution in [0.15, 0.2) is 29.2 Å². The number of aromatic nitrogens is 2. The van der Waals surface area contributed by atoms with E-state index in [4.69, 9.17) is 9.84 Å². The van der Waals surface area contributed by atoms with Gasteiger partial charge in [0.1, 0.15) is 11.4 Å². The SMILES string of the molecule is COc1cc(-c2cc(C(=O)O)[nH]n2)ccc1SC. The molecule has 0 fully saturated rings. The molecule has 2 aromatic rings. The molecule has 1 aromatic carbocycles. The van der Waals surface area contributed by atoms with Crippen molar-refractivity contribution in [3.8, 4) is 17.0 Å². The van der Waals surface area contributed by atoms with Crippen molar-refractivity contribution < 1.29 is 14.6 Å². The van der Waals surface area contributed by atoms with Crippen LogP contribution in [0.4, 0.5) is 0 Å². The number of H-pyrrole nitrogens is 1. The van der Waals surface area contributed by atoms with Crippen molar-refractivity contribution in [3.63, 3.8) is 0 Å². The van der Waals surface area contributed by atoms with E-state index in [-0.39, 0.29) is 5.69 Å². The van der Waals surface area contributed by atoms with Crippen molar-refractivity contribution in [2.45, 2.75) is 4.90 Å². The molecule has 0 spiro atoms. The molecule has 2 rings (SSSR count). The number of benzene rings is 1. The highest BCUT2D eigenvalue weighted by Gasteiger charge is 2.11. The summed E-state index contributed by atoms with van der Waals surface area (Å²) in [5, 5.41) is 15.3. The van der Waals surface area contributed by atoms with Crippen molar-refractivity contribution >= 4 is 17.7 Å². The van der Waals surface area contributed by atoms with Crippen molar-refractivity contribution in [2.75, 3.05) is 13.4 Å². The molecule has 94 valence electrons. The molecule has 2 N–H and O–H groups in total. The summed E-state index contributed by atoms with van der Waals surface area (Å²) in [5.41, 5.74) is 1.46. The highest BCUT2D eigenvalue weighted by Crippen LogP contribution is 2.31. The number of rotatable bonds is 4. The fourth-order valence-corrected chi connectivity index (χ4v) is 2.12. The number of hydrogen-bond donors (Lipinski definition) is 2. The number of aromatic amines is 1. The molecule has 0 saturated carbocycles. The molecule has 0 amide bonds. The second kappa shape index (κ2) is 5.14. The normalized spacial score (nSPS) is 10.3. The molecule has 0 radical (unpaired) electrons. The summed E-state index contributed by atoms with van der Waals surface area (Å²) in [6.45, 7) is 0. The zero-order valence-electron chi connectivity index (χ0n) is 9.93. The molecule has 0 saturated heterocycles. The fourth-order valence-electron chi connectivity index (χ4n) is 1.57. The maximum absolute atomic E-state index is 10.8. The third-order valence-corrected chi connectivity index (χ3v) is 3.26. The van der Waals surface area contributed by atoms with E-state index in [9.17, 15) is 4.79 Å². The zero-order valence-corrected chi connectivity index (χ0v) is 10.7. The van der Waals surface area contributed by atoms with Gasteiger partial charge in [-0.2, -0.15) is 5.10 Å². The average molecular weight is 264 g/mol. The summed E-state index contributed by atoms with van der Waals surface area (Å²) in [7, 11) is 1.60. The maximum atomic E-state index is 10.8. The Morgan fingerprint density at radius 1 is 1.44 bits per heavy atom. The average Bonchev–Trinajstić information content (AvgIpc) is 2.87. The largest absolute Gasteiger partial charge is 0.496 e. The summed E-state index contributed by atoms with van der Waals surface area (Å²) in [5.74, 6) is -0.277. The van der Waals surface area contributed by atoms with Crippen LogP contribution in [0.2, 0.25) is 0 Å². The molecule has 0 unspecified atom stereocenters. The lowest BCUT2D eigenvalue weighted by atomic mass is 10.1. The van der Waals surface area contributed by atoms with Gasteiger partial charge in [0.05, 0.1) is 12.8 Å². The number of ether oxygens (including phenoxy) is 1. The van der Waals surface area contributed by atoms with Crippen LogP contribution in [0, 0.1) is 0 Å². The lowest BCUT2D eigenvalue weighted by Crippen LogP contribution is -1.95. The number of thioether (sulfide) groups is 1. The van der Waals surface area contributed by atoms with E-state index in [0.29, 0.717) is 5.69 Å². The van der Waals surface area contributed by atoms with E-state index in [0.717, 1.165) is 16.2 Å². The Hall–Kier alpha value is -1.95. The van der Waals surface area contributed by atoms with Crippen LogP contribution in [0.1, 0.15) is 10.5 Å². The first kappa shape index (κ1) is 12.5. The summed E-state index contributed by atoms with van der Waals surface area (Å²) >= 11 is 1.59. The van der Waals surface area contributed by atoms with Gasteiger partial charge in [-0.3, -0.25) is 5.10 Å². The number of nitrogens with zero attached hydrogens (tertiary/aromatic N) is 1. The van der Waals surface area contributed by atoms with Crippen LogP contribution >= 0.6 is 11.8 Å². The highest BCUT2D eigenvalue weighted by atomic mass is 32.2. The quantitative estimate of drug-likeness (QED) is 0.830. The van der Waals surface area contributed by atoms with Gasteiger partial charge < -0.3 is 9.84 Å². The van der Waals surface area contributed by atoms with Gasteiger partial charge in [-0.15, -0.1) is 11.8 Å². The number of methoxy groups -OCH3 is 1. The minimum absolute atomic E-state index is 0.0675. The Labute approximate surface area is 108 Å². The molecule has 0 aliphatic carbocycles. The van der Waals surface area contributed by atoms with Crippen LogP contribution in [-0.4, -0.2) is 34.6 Å². The minimum Gasteiger partial charge on any atom is -0.496 e. The first-order chi connectivity index (χ1) is 8.65. The molecular weight excluding hydrogens is 252 g/mol. The van der Waals surface area contributed by atoms with Gasteiger partial charge in [-0.05, 0) is 24.5 Å². The Balaban J connectivity index is 2.41. The molecule has 0 bridgehead atoms. The summed E-state index contributed by atoms with van der Waals surface area (Å²) in [6.07, 6.45) is 1.97. The van der Waals surface area contributed by atoms with Gasteiger partial charge in [-0.25, -0.2) is 4.79 Å². The van der Waals surface area contributed by atoms with Gasteiger partial charge in [0.2, 0.25) is 0 Å². The number of aromatic carboxylic acids is 1. The number of hydrogen-bond acceptors (Lipinski definition) is 4. The lowest BCUT2D eigenvalue weighted by Gasteiger charge is -2.07. The minimum atomic E-state index is -1.03. The van der Waals surface area contributed by atoms with Gasteiger partial charge in [0, 0.05) is 10.5 Å². The monoisotopic (exact) mass is 264 g/mol. The zero-order chi connectivity index (χ0) is 13.1. The molecule has 0 aliphatic rings. The molecule has 0 atom stereocenters. The Bertz CT molecular complexity index is 580. The van der Waals surface area contributed by atoms with Crippen LogP contribution < -0.4 is 4.74 Å². The van der Waals surface area contributed by atoms with Gasteiger partial charge in [-0.1, -0.05) is 6.07 Å². The molecule has 6 heteroatoms. The van der Waals surface area contributed by atoms with E-state index in [2.05, 4.69) is 10.2 Å². The number of carbonyl (C=O) groups is 1. The van der Waals surface area contributed by atoms with Crippen molar-refractivity contribution in [2.24, 2.45) is 0 Å². The predicted octanol–water partition coefficient (Wildman–Crippen LogP) is 2.51. The molecule has 1 heterocycles.